The Bertz CT molecular complexity index is 840. The van der Waals surface area contributed by atoms with E-state index in [9.17, 15) is 13.2 Å². The van der Waals surface area contributed by atoms with Crippen LogP contribution in [0.3, 0.4) is 0 Å². The van der Waals surface area contributed by atoms with Crippen LogP contribution in [0.1, 0.15) is 35.3 Å². The number of aromatic nitrogens is 1. The van der Waals surface area contributed by atoms with Gasteiger partial charge >= 0.3 is 10.5 Å². The van der Waals surface area contributed by atoms with E-state index in [1.165, 1.54) is 19.2 Å². The molecule has 0 aliphatic heterocycles. The molecule has 0 saturated carbocycles. The number of carbonyl (C=O) groups excluding carboxylic acids is 1. The minimum absolute atomic E-state index is 0.103. The number of carbonyl (C=O) groups is 1. The van der Waals surface area contributed by atoms with E-state index in [0.717, 1.165) is 5.56 Å². The molecule has 1 amide bonds. The van der Waals surface area contributed by atoms with E-state index in [0.29, 0.717) is 12.3 Å². The quantitative estimate of drug-likeness (QED) is 0.866. The zero-order valence-electron chi connectivity index (χ0n) is 13.3. The topological polar surface area (TPSA) is 97.7 Å². The number of benzene rings is 1. The molecule has 126 valence electrons. The number of nitrogens with zero attached hydrogens (tertiary/aromatic N) is 2. The van der Waals surface area contributed by atoms with Crippen LogP contribution in [0.5, 0.6) is 5.88 Å². The van der Waals surface area contributed by atoms with Gasteiger partial charge in [0.15, 0.2) is 0 Å². The second-order valence-electron chi connectivity index (χ2n) is 4.89. The smallest absolute Gasteiger partial charge is 0.316 e. The van der Waals surface area contributed by atoms with Crippen molar-refractivity contribution in [2.45, 2.75) is 19.4 Å². The van der Waals surface area contributed by atoms with Gasteiger partial charge < -0.3 is 10.1 Å². The Morgan fingerprint density at radius 2 is 2.04 bits per heavy atom. The molecule has 2 rings (SSSR count). The lowest BCUT2D eigenvalue weighted by molar-refractivity contribution is 0.0936. The number of amides is 1. The summed E-state index contributed by atoms with van der Waals surface area (Å²) in [5, 5.41) is 2.87. The zero-order valence-corrected chi connectivity index (χ0v) is 14.1. The summed E-state index contributed by atoms with van der Waals surface area (Å²) in [5.41, 5.74) is 1.13. The van der Waals surface area contributed by atoms with Crippen molar-refractivity contribution in [1.82, 2.24) is 10.3 Å². The van der Waals surface area contributed by atoms with Crippen molar-refractivity contribution in [3.8, 4) is 5.88 Å². The van der Waals surface area contributed by atoms with Crippen molar-refractivity contribution >= 4 is 22.1 Å². The minimum atomic E-state index is -2.63. The summed E-state index contributed by atoms with van der Waals surface area (Å²) in [5.74, 6) is 0.0875. The van der Waals surface area contributed by atoms with Gasteiger partial charge in [0, 0.05) is 12.3 Å². The first kappa shape index (κ1) is 17.6. The van der Waals surface area contributed by atoms with E-state index in [2.05, 4.69) is 14.7 Å². The first-order chi connectivity index (χ1) is 11.5. The van der Waals surface area contributed by atoms with Crippen LogP contribution in [0.25, 0.3) is 0 Å². The summed E-state index contributed by atoms with van der Waals surface area (Å²) in [6, 6.07) is 9.55. The maximum atomic E-state index is 12.5. The van der Waals surface area contributed by atoms with Crippen molar-refractivity contribution < 1.29 is 17.9 Å². The molecule has 1 heterocycles. The fraction of sp³-hybridized carbons (Fsp3) is 0.250. The Hall–Kier alpha value is -2.74. The van der Waals surface area contributed by atoms with E-state index in [1.807, 2.05) is 13.0 Å². The lowest BCUT2D eigenvalue weighted by Crippen LogP contribution is -2.28. The van der Waals surface area contributed by atoms with Crippen LogP contribution in [-0.4, -0.2) is 26.4 Å². The van der Waals surface area contributed by atoms with Crippen LogP contribution < -0.4 is 10.1 Å². The van der Waals surface area contributed by atoms with Gasteiger partial charge in [0.1, 0.15) is 0 Å². The van der Waals surface area contributed by atoms with Gasteiger partial charge in [0.25, 0.3) is 5.91 Å². The molecule has 0 aliphatic carbocycles. The molecule has 0 fully saturated rings. The first-order valence-electron chi connectivity index (χ1n) is 7.26. The highest BCUT2D eigenvalue weighted by Crippen LogP contribution is 2.22. The molecule has 1 unspecified atom stereocenters. The van der Waals surface area contributed by atoms with Crippen molar-refractivity contribution in [1.29, 1.82) is 0 Å². The molecule has 0 radical (unpaired) electrons. The zero-order chi connectivity index (χ0) is 17.5. The van der Waals surface area contributed by atoms with Gasteiger partial charge in [0.2, 0.25) is 5.88 Å². The van der Waals surface area contributed by atoms with Gasteiger partial charge in [-0.2, -0.15) is 8.42 Å². The fourth-order valence-corrected chi connectivity index (χ4v) is 2.52. The van der Waals surface area contributed by atoms with E-state index < -0.39 is 16.4 Å². The average Bonchev–Trinajstić information content (AvgIpc) is 2.59. The van der Waals surface area contributed by atoms with E-state index in [1.54, 1.807) is 24.4 Å². The Kier molecular flexibility index (Phi) is 6.02. The van der Waals surface area contributed by atoms with Gasteiger partial charge in [-0.25, -0.2) is 4.98 Å². The molecular formula is C16H17N3O4S. The molecule has 1 N–H and O–H groups in total. The monoisotopic (exact) mass is 347 g/mol. The largest absolute Gasteiger partial charge is 0.481 e. The normalized spacial score (nSPS) is 11.4. The number of pyridine rings is 1. The Labute approximate surface area is 141 Å². The van der Waals surface area contributed by atoms with Gasteiger partial charge in [0.05, 0.1) is 24.4 Å². The molecule has 1 aromatic carbocycles. The summed E-state index contributed by atoms with van der Waals surface area (Å²) in [6.07, 6.45) is 2.28. The summed E-state index contributed by atoms with van der Waals surface area (Å²) >= 11 is 0. The van der Waals surface area contributed by atoms with Crippen molar-refractivity contribution in [3.05, 3.63) is 53.7 Å². The minimum Gasteiger partial charge on any atom is -0.481 e. The molecule has 7 nitrogen and oxygen atoms in total. The number of hydrogen-bond donors (Lipinski definition) is 1. The molecule has 2 aromatic rings. The molecule has 0 aliphatic rings. The molecule has 1 atom stereocenters. The number of methoxy groups -OCH3 is 1. The summed E-state index contributed by atoms with van der Waals surface area (Å²) in [6.45, 7) is 1.93. The molecular weight excluding hydrogens is 330 g/mol. The van der Waals surface area contributed by atoms with Crippen molar-refractivity contribution in [2.24, 2.45) is 4.36 Å². The third-order valence-electron chi connectivity index (χ3n) is 3.41. The standard InChI is InChI=1S/C16H17N3O4S/c1-3-13(11-8-9-15(23-2)17-10-11)18-16(20)12-6-4-5-7-14(12)19-24(21)22/h4-10,13H,3H2,1-2H3,(H,18,20). The summed E-state index contributed by atoms with van der Waals surface area (Å²) < 4.78 is 30.0. The predicted octanol–water partition coefficient (Wildman–Crippen LogP) is 2.67. The highest BCUT2D eigenvalue weighted by Gasteiger charge is 2.17. The van der Waals surface area contributed by atoms with Crippen LogP contribution >= 0.6 is 0 Å². The van der Waals surface area contributed by atoms with Crippen molar-refractivity contribution in [2.75, 3.05) is 7.11 Å². The molecule has 0 bridgehead atoms. The first-order valence-corrected chi connectivity index (χ1v) is 8.29. The predicted molar refractivity (Wildman–Crippen MR) is 88.7 cm³/mol. The van der Waals surface area contributed by atoms with Gasteiger partial charge in [-0.3, -0.25) is 4.79 Å². The average molecular weight is 347 g/mol. The van der Waals surface area contributed by atoms with Crippen molar-refractivity contribution in [3.63, 3.8) is 0 Å². The second-order valence-corrected chi connectivity index (χ2v) is 5.51. The second kappa shape index (κ2) is 8.21. The summed E-state index contributed by atoms with van der Waals surface area (Å²) in [7, 11) is -1.10. The number of hydrogen-bond acceptors (Lipinski definition) is 6. The highest BCUT2D eigenvalue weighted by molar-refractivity contribution is 7.61. The van der Waals surface area contributed by atoms with Gasteiger partial charge in [-0.1, -0.05) is 25.1 Å². The number of nitrogens with one attached hydrogen (secondary N) is 1. The van der Waals surface area contributed by atoms with E-state index in [4.69, 9.17) is 4.74 Å². The lowest BCUT2D eigenvalue weighted by Gasteiger charge is -2.17. The Morgan fingerprint density at radius 3 is 2.62 bits per heavy atom. The SMILES string of the molecule is CCC(NC(=O)c1ccccc1N=S(=O)=O)c1ccc(OC)nc1. The number of rotatable bonds is 6. The fourth-order valence-electron chi connectivity index (χ4n) is 2.20. The molecule has 0 saturated heterocycles. The Morgan fingerprint density at radius 1 is 1.29 bits per heavy atom. The highest BCUT2D eigenvalue weighted by atomic mass is 32.2. The summed E-state index contributed by atoms with van der Waals surface area (Å²) in [4.78, 5) is 16.6. The van der Waals surface area contributed by atoms with Gasteiger partial charge in [-0.15, -0.1) is 4.36 Å². The van der Waals surface area contributed by atoms with Crippen LogP contribution in [0, 0.1) is 0 Å². The molecule has 8 heteroatoms. The van der Waals surface area contributed by atoms with Crippen LogP contribution in [0.15, 0.2) is 47.0 Å². The van der Waals surface area contributed by atoms with Crippen LogP contribution in [-0.2, 0) is 10.5 Å². The molecule has 24 heavy (non-hydrogen) atoms. The number of ether oxygens (including phenoxy) is 1. The van der Waals surface area contributed by atoms with Gasteiger partial charge in [-0.05, 0) is 24.1 Å². The van der Waals surface area contributed by atoms with E-state index >= 15 is 0 Å². The lowest BCUT2D eigenvalue weighted by atomic mass is 10.1. The maximum absolute atomic E-state index is 12.5. The third-order valence-corrected chi connectivity index (χ3v) is 3.75. The van der Waals surface area contributed by atoms with Crippen LogP contribution in [0.2, 0.25) is 0 Å². The molecule has 0 spiro atoms. The van der Waals surface area contributed by atoms with E-state index in [-0.39, 0.29) is 17.3 Å². The van der Waals surface area contributed by atoms with Crippen LogP contribution in [0.4, 0.5) is 5.69 Å². The molecule has 1 aromatic heterocycles. The Balaban J connectivity index is 2.25. The maximum Gasteiger partial charge on any atom is 0.316 e. The third kappa shape index (κ3) is 4.39.